The van der Waals surface area contributed by atoms with Gasteiger partial charge < -0.3 is 34.6 Å². The second-order valence-electron chi connectivity index (χ2n) is 16.7. The highest BCUT2D eigenvalue weighted by Gasteiger charge is 2.62. The van der Waals surface area contributed by atoms with Crippen molar-refractivity contribution in [2.24, 2.45) is 11.8 Å². The number of allylic oxidation sites excluding steroid dienone is 1. The number of fused-ring (bicyclic) bond motifs is 6. The molecule has 3 saturated carbocycles. The van der Waals surface area contributed by atoms with Gasteiger partial charge in [0.25, 0.3) is 5.91 Å². The molecule has 2 aromatic rings. The molecule has 15 nitrogen and oxygen atoms in total. The minimum atomic E-state index is -3.90. The Morgan fingerprint density at radius 3 is 2.60 bits per heavy atom. The molecule has 3 aliphatic heterocycles. The number of methoxy groups -OCH3 is 1. The third-order valence-electron chi connectivity index (χ3n) is 12.7. The van der Waals surface area contributed by atoms with E-state index >= 15 is 4.79 Å². The number of ether oxygens (including phenoxy) is 3. The number of hydrogen-bond donors (Lipinski definition) is 3. The highest BCUT2D eigenvalue weighted by Crippen LogP contribution is 2.46. The van der Waals surface area contributed by atoms with Crippen molar-refractivity contribution in [1.82, 2.24) is 30.1 Å². The second-order valence-corrected chi connectivity index (χ2v) is 18.7. The van der Waals surface area contributed by atoms with Crippen LogP contribution in [0, 0.1) is 11.8 Å². The van der Waals surface area contributed by atoms with Gasteiger partial charge in [-0.05, 0) is 75.5 Å². The summed E-state index contributed by atoms with van der Waals surface area (Å²) in [5, 5.41) is 6.21. The minimum absolute atomic E-state index is 0.0107. The highest BCUT2D eigenvalue weighted by molar-refractivity contribution is 7.91. The molecule has 3 N–H and O–H groups in total. The number of nitrogens with one attached hydrogen (secondary N) is 3. The third-order valence-corrected chi connectivity index (χ3v) is 14.5. The molecule has 4 bridgehead atoms. The second kappa shape index (κ2) is 16.5. The summed E-state index contributed by atoms with van der Waals surface area (Å²) in [6.45, 7) is 5.29. The van der Waals surface area contributed by atoms with E-state index in [0.717, 1.165) is 55.9 Å². The molecule has 5 fully saturated rings. The Labute approximate surface area is 339 Å². The predicted octanol–water partition coefficient (Wildman–Crippen LogP) is 3.82. The molecule has 8 rings (SSSR count). The lowest BCUT2D eigenvalue weighted by atomic mass is 9.83. The van der Waals surface area contributed by atoms with Crippen molar-refractivity contribution in [3.63, 3.8) is 0 Å². The number of carbonyl (C=O) groups excluding carboxylic acids is 4. The van der Waals surface area contributed by atoms with Crippen LogP contribution >= 0.6 is 0 Å². The molecule has 6 aliphatic rings. The SMILES string of the molecule is C=C[C@H]1C[C@]1(NC(=O)[C@@H]1C[C@@H]2CN1C(=O)[C@H](C1CCCCC1)NC(=O)N1CC[C@@H](C1)OCCC/C=C/c1cc3ccc(OC)cc3nc1O2)C(=O)NS(=O)(=O)C1CC1. The van der Waals surface area contributed by atoms with Crippen LogP contribution in [0.5, 0.6) is 11.6 Å². The van der Waals surface area contributed by atoms with Gasteiger partial charge in [0, 0.05) is 49.1 Å². The minimum Gasteiger partial charge on any atom is -0.497 e. The Morgan fingerprint density at radius 2 is 1.86 bits per heavy atom. The molecule has 4 heterocycles. The van der Waals surface area contributed by atoms with Crippen LogP contribution in [0.2, 0.25) is 0 Å². The topological polar surface area (TPSA) is 186 Å². The Kier molecular flexibility index (Phi) is 11.4. The molecule has 312 valence electrons. The predicted molar refractivity (Wildman–Crippen MR) is 215 cm³/mol. The maximum absolute atomic E-state index is 15.0. The average molecular weight is 819 g/mol. The normalized spacial score (nSPS) is 30.2. The summed E-state index contributed by atoms with van der Waals surface area (Å²) in [7, 11) is -2.32. The van der Waals surface area contributed by atoms with E-state index in [9.17, 15) is 22.8 Å². The molecule has 0 radical (unpaired) electrons. The zero-order valence-electron chi connectivity index (χ0n) is 33.0. The molecule has 6 atom stereocenters. The van der Waals surface area contributed by atoms with Gasteiger partial charge in [-0.1, -0.05) is 37.5 Å². The lowest BCUT2D eigenvalue weighted by molar-refractivity contribution is -0.142. The van der Waals surface area contributed by atoms with E-state index in [4.69, 9.17) is 19.2 Å². The van der Waals surface area contributed by atoms with E-state index in [1.54, 1.807) is 12.0 Å². The van der Waals surface area contributed by atoms with Crippen molar-refractivity contribution in [2.45, 2.75) is 112 Å². The lowest BCUT2D eigenvalue weighted by Gasteiger charge is -2.35. The number of carbonyl (C=O) groups is 4. The number of urea groups is 1. The fraction of sp³-hybridized carbons (Fsp3) is 0.595. The van der Waals surface area contributed by atoms with Gasteiger partial charge in [0.15, 0.2) is 0 Å². The first kappa shape index (κ1) is 40.1. The van der Waals surface area contributed by atoms with Crippen LogP contribution in [0.3, 0.4) is 0 Å². The number of benzene rings is 1. The van der Waals surface area contributed by atoms with Crippen LogP contribution in [0.1, 0.15) is 82.6 Å². The van der Waals surface area contributed by atoms with Gasteiger partial charge in [-0.3, -0.25) is 19.1 Å². The Bertz CT molecular complexity index is 2090. The molecule has 2 saturated heterocycles. The molecule has 0 spiro atoms. The van der Waals surface area contributed by atoms with Crippen molar-refractivity contribution in [1.29, 1.82) is 0 Å². The van der Waals surface area contributed by atoms with Crippen molar-refractivity contribution in [3.05, 3.63) is 48.6 Å². The fourth-order valence-electron chi connectivity index (χ4n) is 9.00. The van der Waals surface area contributed by atoms with Gasteiger partial charge in [-0.2, -0.15) is 0 Å². The molecule has 0 unspecified atom stereocenters. The highest BCUT2D eigenvalue weighted by atomic mass is 32.2. The molecule has 3 aliphatic carbocycles. The van der Waals surface area contributed by atoms with Crippen LogP contribution in [0.4, 0.5) is 4.79 Å². The number of nitrogens with zero attached hydrogens (tertiary/aromatic N) is 3. The van der Waals surface area contributed by atoms with Gasteiger partial charge in [0.1, 0.15) is 29.5 Å². The zero-order chi connectivity index (χ0) is 40.6. The Balaban J connectivity index is 1.14. The van der Waals surface area contributed by atoms with Gasteiger partial charge in [-0.15, -0.1) is 6.58 Å². The quantitative estimate of drug-likeness (QED) is 0.331. The summed E-state index contributed by atoms with van der Waals surface area (Å²) in [5.41, 5.74) is -0.177. The Hall–Kier alpha value is -4.70. The van der Waals surface area contributed by atoms with E-state index in [1.165, 1.54) is 11.0 Å². The summed E-state index contributed by atoms with van der Waals surface area (Å²) in [6.07, 6.45) is 12.4. The van der Waals surface area contributed by atoms with Crippen LogP contribution in [-0.4, -0.2) is 115 Å². The summed E-state index contributed by atoms with van der Waals surface area (Å²) in [5.74, 6) is -1.55. The van der Waals surface area contributed by atoms with Crippen molar-refractivity contribution < 1.29 is 41.8 Å². The number of aromatic nitrogens is 1. The van der Waals surface area contributed by atoms with E-state index in [-0.39, 0.29) is 37.4 Å². The van der Waals surface area contributed by atoms with E-state index in [0.29, 0.717) is 56.1 Å². The fourth-order valence-corrected chi connectivity index (χ4v) is 10.4. The smallest absolute Gasteiger partial charge is 0.318 e. The molecular weight excluding hydrogens is 765 g/mol. The summed E-state index contributed by atoms with van der Waals surface area (Å²) < 4.78 is 46.2. The van der Waals surface area contributed by atoms with Crippen molar-refractivity contribution in [3.8, 4) is 11.6 Å². The van der Waals surface area contributed by atoms with Crippen molar-refractivity contribution in [2.75, 3.05) is 33.4 Å². The van der Waals surface area contributed by atoms with E-state index in [2.05, 4.69) is 21.9 Å². The molecule has 1 aromatic carbocycles. The number of hydrogen-bond acceptors (Lipinski definition) is 10. The van der Waals surface area contributed by atoms with Gasteiger partial charge in [-0.25, -0.2) is 18.2 Å². The van der Waals surface area contributed by atoms with E-state index in [1.807, 2.05) is 36.4 Å². The van der Waals surface area contributed by atoms with Crippen LogP contribution < -0.4 is 24.8 Å². The molecular formula is C42H54N6O9S. The Morgan fingerprint density at radius 1 is 1.05 bits per heavy atom. The maximum atomic E-state index is 15.0. The molecule has 5 amide bonds. The van der Waals surface area contributed by atoms with E-state index < -0.39 is 62.6 Å². The monoisotopic (exact) mass is 818 g/mol. The first-order valence-electron chi connectivity index (χ1n) is 20.8. The van der Waals surface area contributed by atoms with Gasteiger partial charge >= 0.3 is 6.03 Å². The van der Waals surface area contributed by atoms with Crippen molar-refractivity contribution >= 4 is 50.8 Å². The van der Waals surface area contributed by atoms with Crippen LogP contribution in [0.25, 0.3) is 17.0 Å². The third kappa shape index (κ3) is 8.40. The van der Waals surface area contributed by atoms with Crippen LogP contribution in [0.15, 0.2) is 43.0 Å². The largest absolute Gasteiger partial charge is 0.497 e. The lowest BCUT2D eigenvalue weighted by Crippen LogP contribution is -2.60. The zero-order valence-corrected chi connectivity index (χ0v) is 33.8. The molecule has 16 heteroatoms. The summed E-state index contributed by atoms with van der Waals surface area (Å²) >= 11 is 0. The van der Waals surface area contributed by atoms with Gasteiger partial charge in [0.2, 0.25) is 27.7 Å². The average Bonchev–Trinajstić information content (AvgIpc) is 4.11. The first-order chi connectivity index (χ1) is 28.0. The number of pyridine rings is 1. The maximum Gasteiger partial charge on any atom is 0.318 e. The van der Waals surface area contributed by atoms with Crippen LogP contribution in [-0.2, 0) is 29.1 Å². The summed E-state index contributed by atoms with van der Waals surface area (Å²) in [4.78, 5) is 65.2. The molecule has 58 heavy (non-hydrogen) atoms. The standard InChI is InChI=1S/C42H54N6O9S/c1-3-29-23-42(29,40(51)46-58(53,54)33-15-16-33)45-37(49)35-22-32-25-48(35)39(50)36(26-10-6-4-7-11-26)44-41(52)47-18-17-31(24-47)56-19-9-5-8-12-28-20-27-13-14-30(55-2)21-34(27)43-38(28)57-32/h3,8,12-14,20-21,26,29,31-33,35-36H,1,4-7,9-11,15-19,22-25H2,2H3,(H,44,52)(H,45,49)(H,46,51)/b12-8+/t29-,31-,32+,35-,36-,42+/m0/s1. The first-order valence-corrected chi connectivity index (χ1v) is 22.3. The number of amides is 5. The molecule has 1 aromatic heterocycles. The number of sulfonamides is 1. The summed E-state index contributed by atoms with van der Waals surface area (Å²) in [6, 6.07) is 5.23. The number of rotatable bonds is 8. The van der Waals surface area contributed by atoms with Gasteiger partial charge in [0.05, 0.1) is 30.5 Å².